The van der Waals surface area contributed by atoms with Crippen molar-refractivity contribution in [3.8, 4) is 0 Å². The average molecular weight is 299 g/mol. The summed E-state index contributed by atoms with van der Waals surface area (Å²) < 4.78 is 1.75. The van der Waals surface area contributed by atoms with Crippen LogP contribution in [0, 0.1) is 11.3 Å². The molecular weight excluding hydrogens is 276 g/mol. The number of carboxylic acid groups (broad SMARTS) is 1. The summed E-state index contributed by atoms with van der Waals surface area (Å²) in [5.41, 5.74) is 1.05. The number of halogens is 1. The lowest BCUT2D eigenvalue weighted by Crippen LogP contribution is -2.37. The molecule has 1 aromatic heterocycles. The molecule has 0 aromatic carbocycles. The Balaban J connectivity index is 2.30. The molecule has 112 valence electrons. The molecule has 1 N–H and O–H groups in total. The van der Waals surface area contributed by atoms with Crippen molar-refractivity contribution >= 4 is 17.6 Å². The fraction of sp³-hybridized carbons (Fsp3) is 0.733. The van der Waals surface area contributed by atoms with E-state index in [1.807, 2.05) is 14.0 Å². The predicted molar refractivity (Wildman–Crippen MR) is 79.0 cm³/mol. The molecule has 0 bridgehead atoms. The fourth-order valence-electron chi connectivity index (χ4n) is 3.11. The maximum atomic E-state index is 11.8. The quantitative estimate of drug-likeness (QED) is 0.926. The van der Waals surface area contributed by atoms with Crippen LogP contribution in [0.5, 0.6) is 0 Å². The van der Waals surface area contributed by atoms with E-state index in [0.29, 0.717) is 17.4 Å². The van der Waals surface area contributed by atoms with Crippen molar-refractivity contribution in [2.24, 2.45) is 18.4 Å². The first-order valence-electron chi connectivity index (χ1n) is 7.33. The highest BCUT2D eigenvalue weighted by atomic mass is 35.5. The molecule has 2 rings (SSSR count). The summed E-state index contributed by atoms with van der Waals surface area (Å²) in [7, 11) is 1.85. The number of carbonyl (C=O) groups is 1. The minimum absolute atomic E-state index is 0.484. The third kappa shape index (κ3) is 2.71. The number of aromatic nitrogens is 2. The molecule has 0 aliphatic heterocycles. The van der Waals surface area contributed by atoms with Crippen molar-refractivity contribution in [1.82, 2.24) is 9.78 Å². The van der Waals surface area contributed by atoms with Crippen LogP contribution in [0.3, 0.4) is 0 Å². The summed E-state index contributed by atoms with van der Waals surface area (Å²) in [6, 6.07) is 0. The Morgan fingerprint density at radius 1 is 1.50 bits per heavy atom. The van der Waals surface area contributed by atoms with Crippen LogP contribution in [0.2, 0.25) is 5.02 Å². The molecule has 20 heavy (non-hydrogen) atoms. The van der Waals surface area contributed by atoms with Crippen molar-refractivity contribution in [2.75, 3.05) is 0 Å². The van der Waals surface area contributed by atoms with Gasteiger partial charge in [0.15, 0.2) is 0 Å². The zero-order valence-corrected chi connectivity index (χ0v) is 13.2. The molecule has 4 nitrogen and oxygen atoms in total. The van der Waals surface area contributed by atoms with Crippen LogP contribution in [-0.2, 0) is 24.7 Å². The molecule has 1 heterocycles. The molecule has 0 unspecified atom stereocenters. The zero-order chi connectivity index (χ0) is 14.9. The maximum absolute atomic E-state index is 11.8. The predicted octanol–water partition coefficient (Wildman–Crippen LogP) is 3.46. The third-order valence-corrected chi connectivity index (χ3v) is 5.13. The molecule has 0 radical (unpaired) electrons. The minimum atomic E-state index is -0.695. The standard InChI is InChI=1S/C15H23ClN2O2/c1-4-11-13(16)12(18(3)17-11)9-15(14(19)20)7-5-10(2)6-8-15/h10H,4-9H2,1-3H3,(H,19,20). The lowest BCUT2D eigenvalue weighted by atomic mass is 9.68. The van der Waals surface area contributed by atoms with Gasteiger partial charge in [0.25, 0.3) is 0 Å². The van der Waals surface area contributed by atoms with E-state index in [1.165, 1.54) is 0 Å². The second kappa shape index (κ2) is 5.76. The van der Waals surface area contributed by atoms with Gasteiger partial charge in [-0.3, -0.25) is 9.48 Å². The summed E-state index contributed by atoms with van der Waals surface area (Å²) in [5, 5.41) is 14.7. The number of aryl methyl sites for hydroxylation is 2. The van der Waals surface area contributed by atoms with Gasteiger partial charge in [-0.2, -0.15) is 5.10 Å². The summed E-state index contributed by atoms with van der Waals surface area (Å²) >= 11 is 6.37. The molecule has 1 aliphatic carbocycles. The molecule has 0 spiro atoms. The van der Waals surface area contributed by atoms with Crippen LogP contribution in [0.15, 0.2) is 0 Å². The van der Waals surface area contributed by atoms with Crippen LogP contribution in [0.25, 0.3) is 0 Å². The Hall–Kier alpha value is -1.03. The lowest BCUT2D eigenvalue weighted by Gasteiger charge is -2.35. The van der Waals surface area contributed by atoms with Gasteiger partial charge in [-0.15, -0.1) is 0 Å². The highest BCUT2D eigenvalue weighted by Gasteiger charge is 2.42. The molecule has 5 heteroatoms. The topological polar surface area (TPSA) is 55.1 Å². The summed E-state index contributed by atoms with van der Waals surface area (Å²) in [6.07, 6.45) is 4.66. The van der Waals surface area contributed by atoms with E-state index in [2.05, 4.69) is 12.0 Å². The lowest BCUT2D eigenvalue weighted by molar-refractivity contribution is -0.151. The Morgan fingerprint density at radius 3 is 2.55 bits per heavy atom. The zero-order valence-electron chi connectivity index (χ0n) is 12.4. The smallest absolute Gasteiger partial charge is 0.310 e. The average Bonchev–Trinajstić information content (AvgIpc) is 2.68. The summed E-state index contributed by atoms with van der Waals surface area (Å²) in [6.45, 7) is 4.20. The van der Waals surface area contributed by atoms with Gasteiger partial charge in [-0.25, -0.2) is 0 Å². The maximum Gasteiger partial charge on any atom is 0.310 e. The van der Waals surface area contributed by atoms with E-state index < -0.39 is 11.4 Å². The minimum Gasteiger partial charge on any atom is -0.481 e. The first kappa shape index (κ1) is 15.4. The van der Waals surface area contributed by atoms with Crippen molar-refractivity contribution in [1.29, 1.82) is 0 Å². The Bertz CT molecular complexity index is 502. The number of hydrogen-bond acceptors (Lipinski definition) is 2. The van der Waals surface area contributed by atoms with Gasteiger partial charge < -0.3 is 5.11 Å². The van der Waals surface area contributed by atoms with Crippen LogP contribution in [0.1, 0.15) is 50.9 Å². The van der Waals surface area contributed by atoms with E-state index >= 15 is 0 Å². The van der Waals surface area contributed by atoms with Crippen molar-refractivity contribution in [2.45, 2.75) is 52.4 Å². The molecule has 1 fully saturated rings. The van der Waals surface area contributed by atoms with Crippen molar-refractivity contribution in [3.63, 3.8) is 0 Å². The van der Waals surface area contributed by atoms with E-state index in [4.69, 9.17) is 11.6 Å². The van der Waals surface area contributed by atoms with Gasteiger partial charge >= 0.3 is 5.97 Å². The highest BCUT2D eigenvalue weighted by molar-refractivity contribution is 6.31. The number of nitrogens with zero attached hydrogens (tertiary/aromatic N) is 2. The Morgan fingerprint density at radius 2 is 2.10 bits per heavy atom. The third-order valence-electron chi connectivity index (χ3n) is 4.69. The molecule has 1 aliphatic rings. The number of aliphatic carboxylic acids is 1. The summed E-state index contributed by atoms with van der Waals surface area (Å²) in [4.78, 5) is 11.8. The second-order valence-corrected chi connectivity index (χ2v) is 6.51. The highest BCUT2D eigenvalue weighted by Crippen LogP contribution is 2.42. The Kier molecular flexibility index (Phi) is 4.43. The monoisotopic (exact) mass is 298 g/mol. The SMILES string of the molecule is CCc1nn(C)c(CC2(C(=O)O)CCC(C)CC2)c1Cl. The van der Waals surface area contributed by atoms with Gasteiger partial charge in [-0.05, 0) is 38.0 Å². The van der Waals surface area contributed by atoms with Crippen molar-refractivity contribution < 1.29 is 9.90 Å². The number of carboxylic acids is 1. The summed E-state index contributed by atoms with van der Waals surface area (Å²) in [5.74, 6) is -0.0737. The second-order valence-electron chi connectivity index (χ2n) is 6.13. The van der Waals surface area contributed by atoms with Crippen LogP contribution in [-0.4, -0.2) is 20.9 Å². The first-order chi connectivity index (χ1) is 9.39. The van der Waals surface area contributed by atoms with Gasteiger partial charge in [0.2, 0.25) is 0 Å². The molecule has 1 saturated carbocycles. The van der Waals surface area contributed by atoms with E-state index in [9.17, 15) is 9.90 Å². The van der Waals surface area contributed by atoms with Crippen LogP contribution in [0.4, 0.5) is 0 Å². The molecule has 0 atom stereocenters. The normalized spacial score (nSPS) is 26.7. The molecule has 0 amide bonds. The van der Waals surface area contributed by atoms with Crippen molar-refractivity contribution in [3.05, 3.63) is 16.4 Å². The number of hydrogen-bond donors (Lipinski definition) is 1. The van der Waals surface area contributed by atoms with Gasteiger partial charge in [0, 0.05) is 13.5 Å². The molecule has 1 aromatic rings. The molecule has 0 saturated heterocycles. The van der Waals surface area contributed by atoms with Gasteiger partial charge in [0.05, 0.1) is 21.8 Å². The van der Waals surface area contributed by atoms with E-state index in [0.717, 1.165) is 43.5 Å². The molecular formula is C15H23ClN2O2. The van der Waals surface area contributed by atoms with E-state index in [-0.39, 0.29) is 0 Å². The largest absolute Gasteiger partial charge is 0.481 e. The Labute approximate surface area is 125 Å². The first-order valence-corrected chi connectivity index (χ1v) is 7.71. The van der Waals surface area contributed by atoms with Gasteiger partial charge in [0.1, 0.15) is 0 Å². The van der Waals surface area contributed by atoms with Gasteiger partial charge in [-0.1, -0.05) is 25.4 Å². The van der Waals surface area contributed by atoms with Crippen LogP contribution >= 0.6 is 11.6 Å². The fourth-order valence-corrected chi connectivity index (χ4v) is 3.47. The van der Waals surface area contributed by atoms with E-state index in [1.54, 1.807) is 4.68 Å². The number of rotatable bonds is 4. The van der Waals surface area contributed by atoms with Crippen LogP contribution < -0.4 is 0 Å².